The second kappa shape index (κ2) is 8.96. The van der Waals surface area contributed by atoms with Gasteiger partial charge in [0, 0.05) is 31.4 Å². The summed E-state index contributed by atoms with van der Waals surface area (Å²) in [6.07, 6.45) is 3.33. The van der Waals surface area contributed by atoms with Gasteiger partial charge in [0.25, 0.3) is 0 Å². The highest BCUT2D eigenvalue weighted by atomic mass is 15.2. The summed E-state index contributed by atoms with van der Waals surface area (Å²) in [5, 5.41) is 13.2. The van der Waals surface area contributed by atoms with Gasteiger partial charge in [0.2, 0.25) is 0 Å². The fourth-order valence-corrected chi connectivity index (χ4v) is 4.44. The predicted octanol–water partition coefficient (Wildman–Crippen LogP) is 4.64. The lowest BCUT2D eigenvalue weighted by atomic mass is 10.0. The summed E-state index contributed by atoms with van der Waals surface area (Å²) >= 11 is 0. The second-order valence-electron chi connectivity index (χ2n) is 8.46. The van der Waals surface area contributed by atoms with E-state index < -0.39 is 0 Å². The highest BCUT2D eigenvalue weighted by molar-refractivity contribution is 5.74. The normalized spacial score (nSPS) is 14.9. The maximum Gasteiger partial charge on any atom is 0.137 e. The third-order valence-electron chi connectivity index (χ3n) is 6.21. The van der Waals surface area contributed by atoms with Crippen LogP contribution in [-0.4, -0.2) is 40.5 Å². The summed E-state index contributed by atoms with van der Waals surface area (Å²) in [6, 6.07) is 23.0. The molecule has 3 heterocycles. The molecule has 2 aromatic heterocycles. The van der Waals surface area contributed by atoms with Crippen molar-refractivity contribution in [3.05, 3.63) is 83.7 Å². The van der Waals surface area contributed by atoms with Crippen LogP contribution in [0.1, 0.15) is 23.2 Å². The first-order valence-corrected chi connectivity index (χ1v) is 11.2. The molecule has 0 amide bonds. The van der Waals surface area contributed by atoms with Crippen LogP contribution in [0.5, 0.6) is 0 Å². The van der Waals surface area contributed by atoms with Crippen molar-refractivity contribution in [1.29, 1.82) is 5.26 Å². The van der Waals surface area contributed by atoms with Crippen LogP contribution >= 0.6 is 0 Å². The molecule has 0 radical (unpaired) electrons. The summed E-state index contributed by atoms with van der Waals surface area (Å²) in [7, 11) is 0. The first-order chi connectivity index (χ1) is 15.7. The van der Waals surface area contributed by atoms with Crippen molar-refractivity contribution < 1.29 is 0 Å². The fourth-order valence-electron chi connectivity index (χ4n) is 4.44. The molecule has 1 N–H and O–H groups in total. The monoisotopic (exact) mass is 421 g/mol. The minimum atomic E-state index is 0.661. The van der Waals surface area contributed by atoms with E-state index in [2.05, 4.69) is 70.2 Å². The highest BCUT2D eigenvalue weighted by Gasteiger charge is 2.20. The van der Waals surface area contributed by atoms with Crippen molar-refractivity contribution in [2.75, 3.05) is 26.2 Å². The zero-order chi connectivity index (χ0) is 21.9. The molecule has 0 aliphatic carbocycles. The van der Waals surface area contributed by atoms with E-state index in [1.54, 1.807) is 0 Å². The lowest BCUT2D eigenvalue weighted by Gasteiger charge is -2.20. The summed E-state index contributed by atoms with van der Waals surface area (Å²) < 4.78 is 2.22. The maximum atomic E-state index is 9.72. The summed E-state index contributed by atoms with van der Waals surface area (Å²) in [4.78, 5) is 7.49. The van der Waals surface area contributed by atoms with Gasteiger partial charge < -0.3 is 9.72 Å². The molecule has 0 saturated carbocycles. The Morgan fingerprint density at radius 2 is 1.78 bits per heavy atom. The molecule has 1 saturated heterocycles. The number of aryl methyl sites for hydroxylation is 1. The van der Waals surface area contributed by atoms with E-state index in [-0.39, 0.29) is 0 Å². The zero-order valence-corrected chi connectivity index (χ0v) is 18.4. The summed E-state index contributed by atoms with van der Waals surface area (Å²) in [6.45, 7) is 7.02. The molecule has 1 aliphatic rings. The molecular weight excluding hydrogens is 394 g/mol. The van der Waals surface area contributed by atoms with Gasteiger partial charge in [-0.2, -0.15) is 5.26 Å². The fraction of sp³-hybridized carbons (Fsp3) is 0.259. The lowest BCUT2D eigenvalue weighted by molar-refractivity contribution is 0.281. The Labute approximate surface area is 188 Å². The van der Waals surface area contributed by atoms with Crippen LogP contribution in [0.15, 0.2) is 66.9 Å². The van der Waals surface area contributed by atoms with Gasteiger partial charge in [-0.3, -0.25) is 4.90 Å². The Balaban J connectivity index is 1.66. The molecule has 0 bridgehead atoms. The molecular formula is C27H27N5. The number of hydrogen-bond donors (Lipinski definition) is 1. The molecule has 32 heavy (non-hydrogen) atoms. The molecule has 1 fully saturated rings. The number of benzene rings is 2. The first-order valence-electron chi connectivity index (χ1n) is 11.2. The van der Waals surface area contributed by atoms with E-state index in [9.17, 15) is 5.26 Å². The van der Waals surface area contributed by atoms with Crippen molar-refractivity contribution in [2.45, 2.75) is 19.9 Å². The quantitative estimate of drug-likeness (QED) is 0.521. The molecule has 5 rings (SSSR count). The SMILES string of the molecule is Cc1ccc(-c2ccc3nc(-c4ccccc4C#N)c(CN4CCCNCC4)n3c2)cc1. The van der Waals surface area contributed by atoms with Gasteiger partial charge >= 0.3 is 0 Å². The van der Waals surface area contributed by atoms with Crippen LogP contribution in [0.4, 0.5) is 0 Å². The van der Waals surface area contributed by atoms with Gasteiger partial charge in [-0.15, -0.1) is 0 Å². The molecule has 1 aliphatic heterocycles. The van der Waals surface area contributed by atoms with Crippen LogP contribution in [0.3, 0.4) is 0 Å². The summed E-state index contributed by atoms with van der Waals surface area (Å²) in [5.41, 5.74) is 8.12. The lowest BCUT2D eigenvalue weighted by Crippen LogP contribution is -2.28. The first kappa shape index (κ1) is 20.4. The summed E-state index contributed by atoms with van der Waals surface area (Å²) in [5.74, 6) is 0. The van der Waals surface area contributed by atoms with Crippen molar-refractivity contribution >= 4 is 5.65 Å². The third-order valence-corrected chi connectivity index (χ3v) is 6.21. The number of pyridine rings is 1. The number of aromatic nitrogens is 2. The van der Waals surface area contributed by atoms with Gasteiger partial charge in [-0.1, -0.05) is 48.0 Å². The molecule has 0 atom stereocenters. The smallest absolute Gasteiger partial charge is 0.137 e. The van der Waals surface area contributed by atoms with Crippen LogP contribution in [0, 0.1) is 18.3 Å². The van der Waals surface area contributed by atoms with E-state index in [4.69, 9.17) is 4.98 Å². The highest BCUT2D eigenvalue weighted by Crippen LogP contribution is 2.30. The zero-order valence-electron chi connectivity index (χ0n) is 18.4. The Hall–Kier alpha value is -3.46. The minimum Gasteiger partial charge on any atom is -0.315 e. The Morgan fingerprint density at radius 3 is 2.62 bits per heavy atom. The molecule has 0 spiro atoms. The number of imidazole rings is 1. The minimum absolute atomic E-state index is 0.661. The number of nitriles is 1. The Bertz CT molecular complexity index is 1270. The maximum absolute atomic E-state index is 9.72. The van der Waals surface area contributed by atoms with Gasteiger partial charge in [0.05, 0.1) is 23.0 Å². The third kappa shape index (κ3) is 4.03. The van der Waals surface area contributed by atoms with Crippen LogP contribution < -0.4 is 5.32 Å². The molecule has 5 heteroatoms. The van der Waals surface area contributed by atoms with Crippen LogP contribution in [0.2, 0.25) is 0 Å². The standard InChI is InChI=1S/C27H27N5/c1-20-7-9-21(10-8-20)23-11-12-26-30-27(24-6-3-2-5-22(24)17-28)25(32(26)18-23)19-31-15-4-13-29-14-16-31/h2-3,5-12,18,29H,4,13-16,19H2,1H3. The van der Waals surface area contributed by atoms with E-state index in [1.807, 2.05) is 24.3 Å². The number of nitrogens with zero attached hydrogens (tertiary/aromatic N) is 4. The van der Waals surface area contributed by atoms with Crippen molar-refractivity contribution in [2.24, 2.45) is 0 Å². The molecule has 0 unspecified atom stereocenters. The van der Waals surface area contributed by atoms with Crippen LogP contribution in [-0.2, 0) is 6.54 Å². The van der Waals surface area contributed by atoms with Crippen molar-refractivity contribution in [3.63, 3.8) is 0 Å². The topological polar surface area (TPSA) is 56.4 Å². The average Bonchev–Trinajstić information content (AvgIpc) is 2.98. The van der Waals surface area contributed by atoms with E-state index in [0.29, 0.717) is 5.56 Å². The molecule has 4 aromatic rings. The van der Waals surface area contributed by atoms with Gasteiger partial charge in [-0.05, 0) is 55.8 Å². The van der Waals surface area contributed by atoms with Crippen molar-refractivity contribution in [1.82, 2.24) is 19.6 Å². The van der Waals surface area contributed by atoms with Gasteiger partial charge in [0.15, 0.2) is 0 Å². The van der Waals surface area contributed by atoms with E-state index in [1.165, 1.54) is 11.1 Å². The molecule has 160 valence electrons. The predicted molar refractivity (Wildman–Crippen MR) is 128 cm³/mol. The van der Waals surface area contributed by atoms with E-state index >= 15 is 0 Å². The largest absolute Gasteiger partial charge is 0.315 e. The second-order valence-corrected chi connectivity index (χ2v) is 8.46. The Kier molecular flexibility index (Phi) is 5.72. The Morgan fingerprint density at radius 1 is 0.969 bits per heavy atom. The number of fused-ring (bicyclic) bond motifs is 1. The number of hydrogen-bond acceptors (Lipinski definition) is 4. The number of nitrogens with one attached hydrogen (secondary N) is 1. The average molecular weight is 422 g/mol. The van der Waals surface area contributed by atoms with Gasteiger partial charge in [0.1, 0.15) is 5.65 Å². The molecule has 2 aromatic carbocycles. The van der Waals surface area contributed by atoms with Gasteiger partial charge in [-0.25, -0.2) is 4.98 Å². The molecule has 5 nitrogen and oxygen atoms in total. The van der Waals surface area contributed by atoms with Crippen molar-refractivity contribution in [3.8, 4) is 28.5 Å². The van der Waals surface area contributed by atoms with E-state index in [0.717, 1.165) is 67.3 Å². The number of rotatable bonds is 4. The van der Waals surface area contributed by atoms with Crippen LogP contribution in [0.25, 0.3) is 28.0 Å².